The number of rotatable bonds is 1. The second kappa shape index (κ2) is 3.88. The lowest BCUT2D eigenvalue weighted by Gasteiger charge is -1.90. The Kier molecular flexibility index (Phi) is 2.82. The van der Waals surface area contributed by atoms with Crippen LogP contribution in [-0.2, 0) is 0 Å². The van der Waals surface area contributed by atoms with Gasteiger partial charge in [-0.25, -0.2) is 4.79 Å². The highest BCUT2D eigenvalue weighted by Gasteiger charge is 1.90. The minimum Gasteiger partial charge on any atom is -0.463 e. The Morgan fingerprint density at radius 1 is 1.42 bits per heavy atom. The van der Waals surface area contributed by atoms with Crippen LogP contribution in [0, 0.1) is 0 Å². The maximum absolute atomic E-state index is 10.0. The molecule has 0 radical (unpaired) electrons. The minimum atomic E-state index is -1.20. The number of aliphatic imine (C=N–C) groups is 1. The van der Waals surface area contributed by atoms with E-state index in [-0.39, 0.29) is 0 Å². The second-order valence-electron chi connectivity index (χ2n) is 2.09. The Bertz CT molecular complexity index is 305. The number of hydrogen-bond donors (Lipinski definition) is 1. The maximum atomic E-state index is 10.0. The zero-order valence-corrected chi connectivity index (χ0v) is 6.82. The van der Waals surface area contributed by atoms with Crippen LogP contribution < -0.4 is 0 Å². The molecule has 3 nitrogen and oxygen atoms in total. The first-order valence-electron chi connectivity index (χ1n) is 3.21. The summed E-state index contributed by atoms with van der Waals surface area (Å²) in [5.74, 6) is 0. The Morgan fingerprint density at radius 3 is 2.50 bits per heavy atom. The zero-order valence-electron chi connectivity index (χ0n) is 6.07. The van der Waals surface area contributed by atoms with Crippen molar-refractivity contribution in [2.75, 3.05) is 0 Å². The van der Waals surface area contributed by atoms with Crippen molar-refractivity contribution in [3.63, 3.8) is 0 Å². The van der Waals surface area contributed by atoms with E-state index in [9.17, 15) is 4.79 Å². The van der Waals surface area contributed by atoms with Gasteiger partial charge in [0.15, 0.2) is 0 Å². The molecule has 62 valence electrons. The van der Waals surface area contributed by atoms with E-state index in [1.54, 1.807) is 24.3 Å². The van der Waals surface area contributed by atoms with E-state index in [1.807, 2.05) is 0 Å². The lowest BCUT2D eigenvalue weighted by atomic mass is 10.2. The Hall–Kier alpha value is -1.35. The molecule has 0 saturated carbocycles. The predicted molar refractivity (Wildman–Crippen MR) is 47.1 cm³/mol. The molecule has 0 bridgehead atoms. The number of benzene rings is 1. The summed E-state index contributed by atoms with van der Waals surface area (Å²) in [7, 11) is 0. The van der Waals surface area contributed by atoms with E-state index in [0.717, 1.165) is 0 Å². The van der Waals surface area contributed by atoms with Gasteiger partial charge in [0, 0.05) is 11.2 Å². The van der Waals surface area contributed by atoms with Gasteiger partial charge < -0.3 is 5.11 Å². The molecule has 0 atom stereocenters. The molecule has 0 unspecified atom stereocenters. The van der Waals surface area contributed by atoms with E-state index in [0.29, 0.717) is 10.6 Å². The molecule has 0 saturated heterocycles. The van der Waals surface area contributed by atoms with E-state index >= 15 is 0 Å². The van der Waals surface area contributed by atoms with Crippen LogP contribution >= 0.6 is 11.6 Å². The van der Waals surface area contributed by atoms with Crippen molar-refractivity contribution >= 4 is 23.9 Å². The average molecular weight is 184 g/mol. The van der Waals surface area contributed by atoms with Gasteiger partial charge in [-0.15, -0.1) is 0 Å². The Labute approximate surface area is 74.3 Å². The molecule has 0 aliphatic rings. The monoisotopic (exact) mass is 183 g/mol. The molecule has 1 rings (SSSR count). The van der Waals surface area contributed by atoms with Gasteiger partial charge in [0.2, 0.25) is 0 Å². The van der Waals surface area contributed by atoms with Crippen LogP contribution in [0.15, 0.2) is 29.3 Å². The van der Waals surface area contributed by atoms with Crippen LogP contribution in [0.3, 0.4) is 0 Å². The number of amides is 1. The standard InChI is InChI=1S/C8H6ClNO2/c9-7-3-1-6(2-4-7)5-10-8(11)12/h1-5H,(H,11,12). The highest BCUT2D eigenvalue weighted by Crippen LogP contribution is 2.07. The molecule has 1 N–H and O–H groups in total. The fourth-order valence-electron chi connectivity index (χ4n) is 0.679. The number of carboxylic acid groups (broad SMARTS) is 1. The fraction of sp³-hybridized carbons (Fsp3) is 0. The summed E-state index contributed by atoms with van der Waals surface area (Å²) in [6, 6.07) is 6.72. The van der Waals surface area contributed by atoms with Gasteiger partial charge in [-0.1, -0.05) is 23.7 Å². The SMILES string of the molecule is O=C(O)N=Cc1ccc(Cl)cc1. The van der Waals surface area contributed by atoms with Crippen molar-refractivity contribution in [1.82, 2.24) is 0 Å². The minimum absolute atomic E-state index is 0.613. The van der Waals surface area contributed by atoms with Crippen molar-refractivity contribution in [2.24, 2.45) is 4.99 Å². The second-order valence-corrected chi connectivity index (χ2v) is 2.53. The third kappa shape index (κ3) is 2.72. The first-order valence-corrected chi connectivity index (χ1v) is 3.59. The van der Waals surface area contributed by atoms with Gasteiger partial charge >= 0.3 is 6.09 Å². The Morgan fingerprint density at radius 2 is 2.00 bits per heavy atom. The number of hydrogen-bond acceptors (Lipinski definition) is 1. The van der Waals surface area contributed by atoms with Gasteiger partial charge in [0.1, 0.15) is 0 Å². The topological polar surface area (TPSA) is 49.7 Å². The molecular weight excluding hydrogens is 178 g/mol. The third-order valence-electron chi connectivity index (χ3n) is 1.19. The lowest BCUT2D eigenvalue weighted by molar-refractivity contribution is 0.206. The predicted octanol–water partition coefficient (Wildman–Crippen LogP) is 2.44. The summed E-state index contributed by atoms with van der Waals surface area (Å²) in [6.07, 6.45) is 0.0588. The molecule has 0 spiro atoms. The van der Waals surface area contributed by atoms with E-state index < -0.39 is 6.09 Å². The largest absolute Gasteiger partial charge is 0.463 e. The molecule has 4 heteroatoms. The molecule has 0 aliphatic carbocycles. The summed E-state index contributed by atoms with van der Waals surface area (Å²) in [5, 5.41) is 8.82. The van der Waals surface area contributed by atoms with Crippen LogP contribution in [-0.4, -0.2) is 17.4 Å². The quantitative estimate of drug-likeness (QED) is 0.680. The van der Waals surface area contributed by atoms with Crippen LogP contribution in [0.4, 0.5) is 4.79 Å². The molecule has 1 aromatic carbocycles. The van der Waals surface area contributed by atoms with Crippen molar-refractivity contribution in [1.29, 1.82) is 0 Å². The smallest absolute Gasteiger partial charge is 0.431 e. The van der Waals surface area contributed by atoms with E-state index in [2.05, 4.69) is 4.99 Å². The first kappa shape index (κ1) is 8.74. The average Bonchev–Trinajstić information content (AvgIpc) is 2.03. The summed E-state index contributed by atoms with van der Waals surface area (Å²) in [5.41, 5.74) is 0.710. The summed E-state index contributed by atoms with van der Waals surface area (Å²) in [6.45, 7) is 0. The van der Waals surface area contributed by atoms with Crippen LogP contribution in [0.2, 0.25) is 5.02 Å². The molecule has 1 aromatic rings. The van der Waals surface area contributed by atoms with Crippen molar-refractivity contribution in [2.45, 2.75) is 0 Å². The Balaban J connectivity index is 2.77. The van der Waals surface area contributed by atoms with Gasteiger partial charge in [-0.3, -0.25) is 0 Å². The van der Waals surface area contributed by atoms with Gasteiger partial charge in [0.05, 0.1) is 0 Å². The maximum Gasteiger partial charge on any atom is 0.431 e. The summed E-state index contributed by atoms with van der Waals surface area (Å²) < 4.78 is 0. The molecule has 0 aliphatic heterocycles. The normalized spacial score (nSPS) is 10.4. The molecule has 12 heavy (non-hydrogen) atoms. The molecule has 1 amide bonds. The zero-order chi connectivity index (χ0) is 8.97. The fourth-order valence-corrected chi connectivity index (χ4v) is 0.805. The van der Waals surface area contributed by atoms with Gasteiger partial charge in [0.25, 0.3) is 0 Å². The van der Waals surface area contributed by atoms with Crippen molar-refractivity contribution in [3.8, 4) is 0 Å². The molecule has 0 fully saturated rings. The van der Waals surface area contributed by atoms with E-state index in [4.69, 9.17) is 16.7 Å². The lowest BCUT2D eigenvalue weighted by Crippen LogP contribution is -1.87. The van der Waals surface area contributed by atoms with Crippen molar-refractivity contribution < 1.29 is 9.90 Å². The van der Waals surface area contributed by atoms with Crippen LogP contribution in [0.5, 0.6) is 0 Å². The van der Waals surface area contributed by atoms with E-state index in [1.165, 1.54) is 6.21 Å². The number of halogens is 1. The van der Waals surface area contributed by atoms with Crippen LogP contribution in [0.1, 0.15) is 5.56 Å². The highest BCUT2D eigenvalue weighted by molar-refractivity contribution is 6.30. The van der Waals surface area contributed by atoms with Crippen LogP contribution in [0.25, 0.3) is 0 Å². The molecule has 0 heterocycles. The highest BCUT2D eigenvalue weighted by atomic mass is 35.5. The number of carbonyl (C=O) groups is 1. The molecular formula is C8H6ClNO2. The third-order valence-corrected chi connectivity index (χ3v) is 1.45. The van der Waals surface area contributed by atoms with Gasteiger partial charge in [-0.2, -0.15) is 4.99 Å². The first-order chi connectivity index (χ1) is 5.68. The van der Waals surface area contributed by atoms with Gasteiger partial charge in [-0.05, 0) is 17.7 Å². The number of nitrogens with zero attached hydrogens (tertiary/aromatic N) is 1. The summed E-state index contributed by atoms with van der Waals surface area (Å²) >= 11 is 5.61. The van der Waals surface area contributed by atoms with Crippen molar-refractivity contribution in [3.05, 3.63) is 34.9 Å². The molecule has 0 aromatic heterocycles. The summed E-state index contributed by atoms with van der Waals surface area (Å²) in [4.78, 5) is 13.2.